The second-order valence-corrected chi connectivity index (χ2v) is 5.71. The Kier molecular flexibility index (Phi) is 14.7. The average Bonchev–Trinajstić information content (AvgIpc) is 2.67. The van der Waals surface area contributed by atoms with Crippen molar-refractivity contribution in [2.45, 2.75) is 53.9 Å². The fourth-order valence-electron chi connectivity index (χ4n) is 3.04. The summed E-state index contributed by atoms with van der Waals surface area (Å²) in [4.78, 5) is 9.38. The lowest BCUT2D eigenvalue weighted by molar-refractivity contribution is 0.216. The third kappa shape index (κ3) is 8.65. The molecule has 1 aliphatic heterocycles. The van der Waals surface area contributed by atoms with Crippen LogP contribution >= 0.6 is 0 Å². The van der Waals surface area contributed by atoms with E-state index in [1.807, 2.05) is 40.0 Å². The molecule has 0 aromatic carbocycles. The standard InChI is InChI=1S/C16H28N4.2C2H6/c1-2-10-19(13-8-17)14-15-6-11-20(12-7-15)16-5-3-4-9-18-16;2*1-2/h3-5,9,15H,2,6-8,10-14,17H2,1H3;2*1-2H3. The molecule has 140 valence electrons. The van der Waals surface area contributed by atoms with Gasteiger partial charge in [-0.15, -0.1) is 0 Å². The van der Waals surface area contributed by atoms with Gasteiger partial charge in [0.2, 0.25) is 0 Å². The summed E-state index contributed by atoms with van der Waals surface area (Å²) in [6.07, 6.45) is 5.63. The predicted molar refractivity (Wildman–Crippen MR) is 108 cm³/mol. The second-order valence-electron chi connectivity index (χ2n) is 5.71. The van der Waals surface area contributed by atoms with Crippen LogP contribution in [0.15, 0.2) is 24.4 Å². The largest absolute Gasteiger partial charge is 0.357 e. The third-order valence-electron chi connectivity index (χ3n) is 4.09. The molecule has 1 aliphatic rings. The van der Waals surface area contributed by atoms with Crippen LogP contribution in [0.5, 0.6) is 0 Å². The Morgan fingerprint density at radius 1 is 1.12 bits per heavy atom. The highest BCUT2D eigenvalue weighted by Crippen LogP contribution is 2.22. The number of nitrogens with two attached hydrogens (primary N) is 1. The molecule has 1 aromatic heterocycles. The Hall–Kier alpha value is -1.13. The van der Waals surface area contributed by atoms with E-state index < -0.39 is 0 Å². The summed E-state index contributed by atoms with van der Waals surface area (Å²) < 4.78 is 0. The summed E-state index contributed by atoms with van der Waals surface area (Å²) >= 11 is 0. The molecular weight excluding hydrogens is 296 g/mol. The highest BCUT2D eigenvalue weighted by Gasteiger charge is 2.21. The molecule has 2 heterocycles. The molecule has 2 N–H and O–H groups in total. The van der Waals surface area contributed by atoms with Gasteiger partial charge < -0.3 is 15.5 Å². The Bertz CT molecular complexity index is 355. The number of piperidine rings is 1. The fourth-order valence-corrected chi connectivity index (χ4v) is 3.04. The zero-order valence-electron chi connectivity index (χ0n) is 16.7. The van der Waals surface area contributed by atoms with Crippen molar-refractivity contribution in [2.24, 2.45) is 11.7 Å². The van der Waals surface area contributed by atoms with Gasteiger partial charge in [0.1, 0.15) is 5.82 Å². The summed E-state index contributed by atoms with van der Waals surface area (Å²) in [6, 6.07) is 6.16. The van der Waals surface area contributed by atoms with Crippen LogP contribution in [-0.2, 0) is 0 Å². The summed E-state index contributed by atoms with van der Waals surface area (Å²) in [5.74, 6) is 1.94. The minimum Gasteiger partial charge on any atom is -0.357 e. The van der Waals surface area contributed by atoms with Crippen molar-refractivity contribution in [3.63, 3.8) is 0 Å². The van der Waals surface area contributed by atoms with Crippen LogP contribution in [-0.4, -0.2) is 49.2 Å². The van der Waals surface area contributed by atoms with Crippen molar-refractivity contribution in [2.75, 3.05) is 44.2 Å². The molecule has 0 bridgehead atoms. The molecule has 1 aromatic rings. The van der Waals surface area contributed by atoms with E-state index >= 15 is 0 Å². The smallest absolute Gasteiger partial charge is 0.128 e. The zero-order chi connectivity index (χ0) is 18.2. The first-order valence-electron chi connectivity index (χ1n) is 9.92. The Labute approximate surface area is 150 Å². The van der Waals surface area contributed by atoms with Gasteiger partial charge >= 0.3 is 0 Å². The first kappa shape index (κ1) is 22.9. The molecule has 24 heavy (non-hydrogen) atoms. The van der Waals surface area contributed by atoms with Gasteiger partial charge in [-0.05, 0) is 43.9 Å². The highest BCUT2D eigenvalue weighted by atomic mass is 15.2. The predicted octanol–water partition coefficient (Wildman–Crippen LogP) is 4.02. The van der Waals surface area contributed by atoms with Gasteiger partial charge in [-0.25, -0.2) is 4.98 Å². The van der Waals surface area contributed by atoms with Gasteiger partial charge in [-0.1, -0.05) is 40.7 Å². The van der Waals surface area contributed by atoms with Crippen LogP contribution in [0.3, 0.4) is 0 Å². The lowest BCUT2D eigenvalue weighted by Gasteiger charge is -2.35. The number of nitrogens with zero attached hydrogens (tertiary/aromatic N) is 3. The minimum absolute atomic E-state index is 0.771. The van der Waals surface area contributed by atoms with Gasteiger partial charge in [-0.2, -0.15) is 0 Å². The first-order valence-corrected chi connectivity index (χ1v) is 9.92. The Balaban J connectivity index is 0.00000123. The second kappa shape index (κ2) is 15.4. The molecule has 0 unspecified atom stereocenters. The number of aromatic nitrogens is 1. The summed E-state index contributed by atoms with van der Waals surface area (Å²) in [6.45, 7) is 16.7. The molecule has 0 radical (unpaired) electrons. The maximum absolute atomic E-state index is 5.70. The van der Waals surface area contributed by atoms with Crippen LogP contribution in [0, 0.1) is 5.92 Å². The highest BCUT2D eigenvalue weighted by molar-refractivity contribution is 5.37. The fraction of sp³-hybridized carbons (Fsp3) is 0.750. The molecule has 0 spiro atoms. The first-order chi connectivity index (χ1) is 11.8. The number of rotatable bonds is 7. The van der Waals surface area contributed by atoms with E-state index in [0.29, 0.717) is 0 Å². The summed E-state index contributed by atoms with van der Waals surface area (Å²) in [7, 11) is 0. The lowest BCUT2D eigenvalue weighted by Crippen LogP contribution is -2.40. The molecule has 0 aliphatic carbocycles. The van der Waals surface area contributed by atoms with E-state index in [-0.39, 0.29) is 0 Å². The minimum atomic E-state index is 0.771. The van der Waals surface area contributed by atoms with Crippen LogP contribution < -0.4 is 10.6 Å². The number of hydrogen-bond donors (Lipinski definition) is 1. The summed E-state index contributed by atoms with van der Waals surface area (Å²) in [5.41, 5.74) is 5.70. The normalized spacial score (nSPS) is 14.5. The topological polar surface area (TPSA) is 45.4 Å². The van der Waals surface area contributed by atoms with Gasteiger partial charge in [0.15, 0.2) is 0 Å². The van der Waals surface area contributed by atoms with Crippen molar-refractivity contribution < 1.29 is 0 Å². The van der Waals surface area contributed by atoms with Crippen molar-refractivity contribution in [3.05, 3.63) is 24.4 Å². The molecule has 1 fully saturated rings. The molecule has 2 rings (SSSR count). The number of anilines is 1. The molecular formula is C20H40N4. The average molecular weight is 337 g/mol. The maximum Gasteiger partial charge on any atom is 0.128 e. The molecule has 4 nitrogen and oxygen atoms in total. The van der Waals surface area contributed by atoms with Crippen molar-refractivity contribution in [1.29, 1.82) is 0 Å². The molecule has 0 atom stereocenters. The van der Waals surface area contributed by atoms with Gasteiger partial charge in [-0.3, -0.25) is 0 Å². The van der Waals surface area contributed by atoms with Crippen LogP contribution in [0.2, 0.25) is 0 Å². The maximum atomic E-state index is 5.70. The SMILES string of the molecule is CC.CC.CCCN(CCN)CC1CCN(c2ccccn2)CC1. The monoisotopic (exact) mass is 336 g/mol. The van der Waals surface area contributed by atoms with Crippen molar-refractivity contribution >= 4 is 5.82 Å². The van der Waals surface area contributed by atoms with Crippen molar-refractivity contribution in [3.8, 4) is 0 Å². The Morgan fingerprint density at radius 2 is 1.79 bits per heavy atom. The van der Waals surface area contributed by atoms with Crippen molar-refractivity contribution in [1.82, 2.24) is 9.88 Å². The molecule has 0 amide bonds. The van der Waals surface area contributed by atoms with Gasteiger partial charge in [0.25, 0.3) is 0 Å². The quantitative estimate of drug-likeness (QED) is 0.817. The Morgan fingerprint density at radius 3 is 2.29 bits per heavy atom. The summed E-state index contributed by atoms with van der Waals surface area (Å²) in [5, 5.41) is 0. The zero-order valence-corrected chi connectivity index (χ0v) is 16.7. The van der Waals surface area contributed by atoms with E-state index in [2.05, 4.69) is 33.8 Å². The van der Waals surface area contributed by atoms with Crippen LogP contribution in [0.4, 0.5) is 5.82 Å². The van der Waals surface area contributed by atoms with Crippen LogP contribution in [0.1, 0.15) is 53.9 Å². The number of pyridine rings is 1. The third-order valence-corrected chi connectivity index (χ3v) is 4.09. The number of hydrogen-bond acceptors (Lipinski definition) is 4. The van der Waals surface area contributed by atoms with Gasteiger partial charge in [0.05, 0.1) is 0 Å². The van der Waals surface area contributed by atoms with Crippen LogP contribution in [0.25, 0.3) is 0 Å². The van der Waals surface area contributed by atoms with Gasteiger partial charge in [0, 0.05) is 38.9 Å². The van der Waals surface area contributed by atoms with E-state index in [9.17, 15) is 0 Å². The lowest BCUT2D eigenvalue weighted by atomic mass is 9.96. The molecule has 4 heteroatoms. The van der Waals surface area contributed by atoms with E-state index in [0.717, 1.165) is 37.9 Å². The molecule has 1 saturated heterocycles. The molecule has 0 saturated carbocycles. The van der Waals surface area contributed by atoms with E-state index in [4.69, 9.17) is 5.73 Å². The van der Waals surface area contributed by atoms with E-state index in [1.165, 1.54) is 32.4 Å². The van der Waals surface area contributed by atoms with E-state index in [1.54, 1.807) is 0 Å².